The van der Waals surface area contributed by atoms with Gasteiger partial charge in [0.15, 0.2) is 0 Å². The minimum Gasteiger partial charge on any atom is -0.344 e. The van der Waals surface area contributed by atoms with Crippen molar-refractivity contribution in [1.82, 2.24) is 10.8 Å². The minimum atomic E-state index is -0.632. The molecule has 1 unspecified atom stereocenters. The Balaban J connectivity index is 1.69. The highest BCUT2D eigenvalue weighted by Crippen LogP contribution is 2.32. The van der Waals surface area contributed by atoms with E-state index in [1.165, 1.54) is 6.07 Å². The Bertz CT molecular complexity index is 934. The van der Waals surface area contributed by atoms with Gasteiger partial charge < -0.3 is 5.32 Å². The van der Waals surface area contributed by atoms with Crippen molar-refractivity contribution < 1.29 is 14.8 Å². The number of thiophene rings is 2. The summed E-state index contributed by atoms with van der Waals surface area (Å²) in [6.07, 6.45) is 0. The van der Waals surface area contributed by atoms with E-state index in [1.54, 1.807) is 22.9 Å². The van der Waals surface area contributed by atoms with E-state index in [0.717, 1.165) is 26.7 Å². The number of hydroxylamine groups is 1. The predicted molar refractivity (Wildman–Crippen MR) is 104 cm³/mol. The molecule has 1 aromatic carbocycles. The molecule has 3 N–H and O–H groups in total. The van der Waals surface area contributed by atoms with Crippen molar-refractivity contribution in [2.24, 2.45) is 0 Å². The Kier molecular flexibility index (Phi) is 5.73. The molecule has 5 nitrogen and oxygen atoms in total. The van der Waals surface area contributed by atoms with Crippen LogP contribution in [-0.4, -0.2) is 17.0 Å². The number of carbonyl (C=O) groups excluding carboxylic acids is 2. The van der Waals surface area contributed by atoms with Gasteiger partial charge in [0.25, 0.3) is 11.8 Å². The number of amides is 2. The number of carbonyl (C=O) groups is 2. The van der Waals surface area contributed by atoms with E-state index in [2.05, 4.69) is 5.32 Å². The summed E-state index contributed by atoms with van der Waals surface area (Å²) in [5, 5.41) is 12.3. The van der Waals surface area contributed by atoms with E-state index in [-0.39, 0.29) is 16.8 Å². The van der Waals surface area contributed by atoms with Gasteiger partial charge in [-0.1, -0.05) is 23.7 Å². The van der Waals surface area contributed by atoms with Crippen LogP contribution >= 0.6 is 34.3 Å². The van der Waals surface area contributed by atoms with Gasteiger partial charge in [-0.3, -0.25) is 14.8 Å². The minimum absolute atomic E-state index is 0.175. The first-order chi connectivity index (χ1) is 12.5. The predicted octanol–water partition coefficient (Wildman–Crippen LogP) is 4.74. The normalized spacial score (nSPS) is 11.8. The van der Waals surface area contributed by atoms with Crippen LogP contribution < -0.4 is 10.8 Å². The first-order valence-corrected chi connectivity index (χ1v) is 9.70. The summed E-state index contributed by atoms with van der Waals surface area (Å²) in [5.41, 5.74) is 2.63. The largest absolute Gasteiger partial charge is 0.344 e. The lowest BCUT2D eigenvalue weighted by atomic mass is 10.2. The van der Waals surface area contributed by atoms with Crippen molar-refractivity contribution >= 4 is 46.1 Å². The molecule has 8 heteroatoms. The van der Waals surface area contributed by atoms with Gasteiger partial charge in [0.2, 0.25) is 0 Å². The molecule has 0 aliphatic carbocycles. The van der Waals surface area contributed by atoms with Crippen LogP contribution in [0.5, 0.6) is 0 Å². The summed E-state index contributed by atoms with van der Waals surface area (Å²) in [5.74, 6) is -0.895. The molecule has 2 amide bonds. The fraction of sp³-hybridized carbons (Fsp3) is 0.111. The Morgan fingerprint density at radius 3 is 2.27 bits per heavy atom. The van der Waals surface area contributed by atoms with Crippen LogP contribution in [0.25, 0.3) is 10.4 Å². The molecule has 134 valence electrons. The first-order valence-electron chi connectivity index (χ1n) is 7.68. The Hall–Kier alpha value is -2.19. The molecule has 2 aromatic heterocycles. The van der Waals surface area contributed by atoms with Gasteiger partial charge in [0.05, 0.1) is 15.8 Å². The van der Waals surface area contributed by atoms with Gasteiger partial charge >= 0.3 is 0 Å². The second-order valence-electron chi connectivity index (χ2n) is 5.51. The second-order valence-corrected chi connectivity index (χ2v) is 8.14. The number of hydrogen-bond donors (Lipinski definition) is 3. The van der Waals surface area contributed by atoms with Crippen molar-refractivity contribution in [3.63, 3.8) is 0 Å². The molecule has 3 rings (SSSR count). The molecule has 0 bridgehead atoms. The summed E-state index contributed by atoms with van der Waals surface area (Å²) < 4.78 is 0. The van der Waals surface area contributed by atoms with Crippen molar-refractivity contribution in [3.05, 3.63) is 68.2 Å². The fourth-order valence-electron chi connectivity index (χ4n) is 2.33. The highest BCUT2D eigenvalue weighted by atomic mass is 35.5. The summed E-state index contributed by atoms with van der Waals surface area (Å²) in [7, 11) is 0. The van der Waals surface area contributed by atoms with Crippen LogP contribution in [0, 0.1) is 0 Å². The van der Waals surface area contributed by atoms with Gasteiger partial charge in [-0.25, -0.2) is 5.48 Å². The molecular weight excluding hydrogens is 392 g/mol. The van der Waals surface area contributed by atoms with Gasteiger partial charge in [-0.2, -0.15) is 0 Å². The van der Waals surface area contributed by atoms with E-state index in [0.29, 0.717) is 9.90 Å². The maximum Gasteiger partial charge on any atom is 0.284 e. The van der Waals surface area contributed by atoms with Crippen LogP contribution in [-0.2, 0) is 0 Å². The zero-order chi connectivity index (χ0) is 18.7. The molecule has 0 aliphatic heterocycles. The number of nitrogens with one attached hydrogen (secondary N) is 2. The zero-order valence-electron chi connectivity index (χ0n) is 13.7. The van der Waals surface area contributed by atoms with Gasteiger partial charge in [-0.15, -0.1) is 22.7 Å². The van der Waals surface area contributed by atoms with Crippen molar-refractivity contribution in [3.8, 4) is 10.4 Å². The molecule has 0 saturated heterocycles. The summed E-state index contributed by atoms with van der Waals surface area (Å²) in [6.45, 7) is 1.91. The van der Waals surface area contributed by atoms with Gasteiger partial charge in [0, 0.05) is 14.8 Å². The van der Waals surface area contributed by atoms with Crippen LogP contribution in [0.4, 0.5) is 0 Å². The molecule has 26 heavy (non-hydrogen) atoms. The molecule has 0 radical (unpaired) electrons. The highest BCUT2D eigenvalue weighted by molar-refractivity contribution is 7.16. The van der Waals surface area contributed by atoms with E-state index >= 15 is 0 Å². The van der Waals surface area contributed by atoms with Crippen LogP contribution in [0.2, 0.25) is 5.02 Å². The van der Waals surface area contributed by atoms with E-state index in [9.17, 15) is 9.59 Å². The average Bonchev–Trinajstić information content (AvgIpc) is 3.31. The molecule has 0 spiro atoms. The maximum absolute atomic E-state index is 12.4. The monoisotopic (exact) mass is 406 g/mol. The van der Waals surface area contributed by atoms with Crippen molar-refractivity contribution in [1.29, 1.82) is 0 Å². The maximum atomic E-state index is 12.4. The SMILES string of the molecule is CC(NC(=O)c1ccc(C(=O)NO)s1)c1ccc(-c2ccc(Cl)cc2)s1. The smallest absolute Gasteiger partial charge is 0.284 e. The van der Waals surface area contributed by atoms with E-state index in [4.69, 9.17) is 16.8 Å². The second kappa shape index (κ2) is 8.01. The third kappa shape index (κ3) is 4.13. The molecular formula is C18H15ClN2O3S2. The molecule has 1 atom stereocenters. The first kappa shape index (κ1) is 18.6. The van der Waals surface area contributed by atoms with Gasteiger partial charge in [0.1, 0.15) is 0 Å². The van der Waals surface area contributed by atoms with Crippen molar-refractivity contribution in [2.75, 3.05) is 0 Å². The standard InChI is InChI=1S/C18H15ClN2O3S2/c1-10(20-17(22)15-8-9-16(26-15)18(23)21-24)13-6-7-14(25-13)11-2-4-12(19)5-3-11/h2-10,24H,1H3,(H,20,22)(H,21,23). The molecule has 0 saturated carbocycles. The van der Waals surface area contributed by atoms with Crippen molar-refractivity contribution in [2.45, 2.75) is 13.0 Å². The lowest BCUT2D eigenvalue weighted by Crippen LogP contribution is -2.25. The third-order valence-electron chi connectivity index (χ3n) is 3.69. The number of benzene rings is 1. The zero-order valence-corrected chi connectivity index (χ0v) is 16.0. The number of rotatable bonds is 5. The summed E-state index contributed by atoms with van der Waals surface area (Å²) >= 11 is 8.54. The highest BCUT2D eigenvalue weighted by Gasteiger charge is 2.17. The molecule has 3 aromatic rings. The molecule has 0 fully saturated rings. The Morgan fingerprint density at radius 1 is 0.962 bits per heavy atom. The van der Waals surface area contributed by atoms with Crippen LogP contribution in [0.1, 0.15) is 37.2 Å². The third-order valence-corrected chi connectivity index (χ3v) is 6.34. The average molecular weight is 407 g/mol. The van der Waals surface area contributed by atoms with Crippen LogP contribution in [0.3, 0.4) is 0 Å². The van der Waals surface area contributed by atoms with Gasteiger partial charge in [-0.05, 0) is 48.9 Å². The molecule has 0 aliphatic rings. The topological polar surface area (TPSA) is 78.4 Å². The number of hydrogen-bond acceptors (Lipinski definition) is 5. The Labute approximate surface area is 163 Å². The summed E-state index contributed by atoms with van der Waals surface area (Å²) in [4.78, 5) is 26.5. The van der Waals surface area contributed by atoms with E-state index < -0.39 is 5.91 Å². The fourth-order valence-corrected chi connectivity index (χ4v) is 4.27. The lowest BCUT2D eigenvalue weighted by molar-refractivity contribution is 0.0711. The quantitative estimate of drug-likeness (QED) is 0.423. The van der Waals surface area contributed by atoms with Crippen LogP contribution in [0.15, 0.2) is 48.5 Å². The lowest BCUT2D eigenvalue weighted by Gasteiger charge is -2.11. The Morgan fingerprint density at radius 2 is 1.62 bits per heavy atom. The number of halogens is 1. The summed E-state index contributed by atoms with van der Waals surface area (Å²) in [6, 6.07) is 14.5. The molecule has 2 heterocycles. The van der Waals surface area contributed by atoms with E-state index in [1.807, 2.05) is 43.3 Å².